The van der Waals surface area contributed by atoms with Gasteiger partial charge in [0.2, 0.25) is 5.95 Å². The van der Waals surface area contributed by atoms with Crippen LogP contribution in [0.1, 0.15) is 15.9 Å². The van der Waals surface area contributed by atoms with Crippen LogP contribution in [0.15, 0.2) is 77.7 Å². The molecule has 8 heteroatoms. The Bertz CT molecular complexity index is 1350. The van der Waals surface area contributed by atoms with E-state index in [1.807, 2.05) is 6.07 Å². The van der Waals surface area contributed by atoms with Gasteiger partial charge in [0.25, 0.3) is 5.91 Å². The molecule has 0 aliphatic rings. The van der Waals surface area contributed by atoms with E-state index in [0.717, 1.165) is 5.52 Å². The third-order valence-electron chi connectivity index (χ3n) is 4.72. The van der Waals surface area contributed by atoms with Crippen molar-refractivity contribution in [2.75, 3.05) is 5.32 Å². The summed E-state index contributed by atoms with van der Waals surface area (Å²) in [5.74, 6) is -0.193. The standard InChI is InChI=1S/C22H18ClN3O3S/c1-26-20-11-10-17(23)13-19(20)24-22(26)25-21(27)16-7-5-6-15(12-16)14-30(28,29)18-8-3-2-4-9-18/h2-13H,14H2,1H3,(H,24,25,27). The summed E-state index contributed by atoms with van der Waals surface area (Å²) in [6.07, 6.45) is 0. The second kappa shape index (κ2) is 7.93. The van der Waals surface area contributed by atoms with Crippen LogP contribution >= 0.6 is 11.6 Å². The molecule has 0 spiro atoms. The highest BCUT2D eigenvalue weighted by molar-refractivity contribution is 7.90. The van der Waals surface area contributed by atoms with E-state index in [-0.39, 0.29) is 16.6 Å². The van der Waals surface area contributed by atoms with Crippen LogP contribution in [-0.2, 0) is 22.6 Å². The molecule has 152 valence electrons. The van der Waals surface area contributed by atoms with Crippen LogP contribution < -0.4 is 5.32 Å². The molecule has 0 saturated carbocycles. The van der Waals surface area contributed by atoms with E-state index in [1.54, 1.807) is 78.3 Å². The SMILES string of the molecule is Cn1c(NC(=O)c2cccc(CS(=O)(=O)c3ccccc3)c2)nc2cc(Cl)ccc21. The average Bonchev–Trinajstić information content (AvgIpc) is 3.03. The van der Waals surface area contributed by atoms with Gasteiger partial charge in [-0.15, -0.1) is 0 Å². The third kappa shape index (κ3) is 4.08. The number of nitrogens with zero attached hydrogens (tertiary/aromatic N) is 2. The lowest BCUT2D eigenvalue weighted by molar-refractivity contribution is 0.102. The number of hydrogen-bond donors (Lipinski definition) is 1. The van der Waals surface area contributed by atoms with Gasteiger partial charge in [-0.05, 0) is 48.0 Å². The number of carbonyl (C=O) groups is 1. The van der Waals surface area contributed by atoms with Crippen LogP contribution in [0.5, 0.6) is 0 Å². The maximum Gasteiger partial charge on any atom is 0.257 e. The van der Waals surface area contributed by atoms with Gasteiger partial charge in [-0.2, -0.15) is 0 Å². The number of carbonyl (C=O) groups excluding carboxylic acids is 1. The zero-order valence-electron chi connectivity index (χ0n) is 16.0. The van der Waals surface area contributed by atoms with Crippen LogP contribution in [0.2, 0.25) is 5.02 Å². The van der Waals surface area contributed by atoms with E-state index in [1.165, 1.54) is 0 Å². The van der Waals surface area contributed by atoms with Crippen molar-refractivity contribution in [3.63, 3.8) is 0 Å². The monoisotopic (exact) mass is 439 g/mol. The zero-order chi connectivity index (χ0) is 21.3. The third-order valence-corrected chi connectivity index (χ3v) is 6.66. The summed E-state index contributed by atoms with van der Waals surface area (Å²) < 4.78 is 27.0. The largest absolute Gasteiger partial charge is 0.313 e. The van der Waals surface area contributed by atoms with Crippen LogP contribution in [0.25, 0.3) is 11.0 Å². The van der Waals surface area contributed by atoms with E-state index >= 15 is 0 Å². The molecule has 1 N–H and O–H groups in total. The zero-order valence-corrected chi connectivity index (χ0v) is 17.6. The maximum atomic E-state index is 12.8. The van der Waals surface area contributed by atoms with Gasteiger partial charge in [-0.25, -0.2) is 13.4 Å². The molecule has 30 heavy (non-hydrogen) atoms. The molecule has 0 bridgehead atoms. The van der Waals surface area contributed by atoms with Crippen molar-refractivity contribution in [1.29, 1.82) is 0 Å². The Morgan fingerprint density at radius 3 is 2.57 bits per heavy atom. The molecule has 0 aliphatic heterocycles. The first kappa shape index (κ1) is 20.1. The second-order valence-electron chi connectivity index (χ2n) is 6.85. The number of nitrogens with one attached hydrogen (secondary N) is 1. The molecule has 4 rings (SSSR count). The Kier molecular flexibility index (Phi) is 5.32. The first-order chi connectivity index (χ1) is 14.3. The summed E-state index contributed by atoms with van der Waals surface area (Å²) in [6, 6.07) is 20.1. The van der Waals surface area contributed by atoms with Crippen molar-refractivity contribution in [1.82, 2.24) is 9.55 Å². The fourth-order valence-corrected chi connectivity index (χ4v) is 4.71. The molecule has 3 aromatic carbocycles. The van der Waals surface area contributed by atoms with E-state index in [2.05, 4.69) is 10.3 Å². The van der Waals surface area contributed by atoms with Gasteiger partial charge in [0.05, 0.1) is 21.7 Å². The predicted octanol–water partition coefficient (Wildman–Crippen LogP) is 4.45. The van der Waals surface area contributed by atoms with Gasteiger partial charge < -0.3 is 4.57 Å². The van der Waals surface area contributed by atoms with Crippen LogP contribution in [0, 0.1) is 0 Å². The van der Waals surface area contributed by atoms with Crippen molar-refractivity contribution in [3.8, 4) is 0 Å². The summed E-state index contributed by atoms with van der Waals surface area (Å²) in [6.45, 7) is 0. The molecule has 0 radical (unpaired) electrons. The predicted molar refractivity (Wildman–Crippen MR) is 117 cm³/mol. The van der Waals surface area contributed by atoms with Gasteiger partial charge in [-0.1, -0.05) is 41.9 Å². The number of hydrogen-bond acceptors (Lipinski definition) is 4. The van der Waals surface area contributed by atoms with Gasteiger partial charge in [-0.3, -0.25) is 10.1 Å². The van der Waals surface area contributed by atoms with Crippen molar-refractivity contribution in [3.05, 3.63) is 88.9 Å². The number of benzene rings is 3. The highest BCUT2D eigenvalue weighted by Gasteiger charge is 2.17. The van der Waals surface area contributed by atoms with E-state index < -0.39 is 9.84 Å². The quantitative estimate of drug-likeness (QED) is 0.498. The van der Waals surface area contributed by atoms with Crippen molar-refractivity contribution < 1.29 is 13.2 Å². The molecule has 0 fully saturated rings. The Morgan fingerprint density at radius 1 is 1.03 bits per heavy atom. The lowest BCUT2D eigenvalue weighted by atomic mass is 10.1. The highest BCUT2D eigenvalue weighted by atomic mass is 35.5. The van der Waals surface area contributed by atoms with Gasteiger partial charge >= 0.3 is 0 Å². The fraction of sp³-hybridized carbons (Fsp3) is 0.0909. The summed E-state index contributed by atoms with van der Waals surface area (Å²) in [5, 5.41) is 3.34. The van der Waals surface area contributed by atoms with E-state index in [0.29, 0.717) is 27.6 Å². The average molecular weight is 440 g/mol. The molecule has 6 nitrogen and oxygen atoms in total. The molecule has 0 aliphatic carbocycles. The van der Waals surface area contributed by atoms with Gasteiger partial charge in [0.15, 0.2) is 9.84 Å². The van der Waals surface area contributed by atoms with Crippen molar-refractivity contribution >= 4 is 44.3 Å². The molecule has 0 unspecified atom stereocenters. The Balaban J connectivity index is 1.57. The molecule has 1 heterocycles. The molecule has 0 saturated heterocycles. The first-order valence-corrected chi connectivity index (χ1v) is 11.2. The minimum absolute atomic E-state index is 0.192. The highest BCUT2D eigenvalue weighted by Crippen LogP contribution is 2.23. The van der Waals surface area contributed by atoms with Crippen molar-refractivity contribution in [2.45, 2.75) is 10.6 Å². The summed E-state index contributed by atoms with van der Waals surface area (Å²) in [5.41, 5.74) is 2.38. The Labute approximate surface area is 179 Å². The van der Waals surface area contributed by atoms with E-state index in [9.17, 15) is 13.2 Å². The minimum Gasteiger partial charge on any atom is -0.313 e. The summed E-state index contributed by atoms with van der Waals surface area (Å²) >= 11 is 6.01. The molecule has 1 aromatic heterocycles. The molecular weight excluding hydrogens is 422 g/mol. The number of rotatable bonds is 5. The topological polar surface area (TPSA) is 81.1 Å². The summed E-state index contributed by atoms with van der Waals surface area (Å²) in [4.78, 5) is 17.4. The first-order valence-electron chi connectivity index (χ1n) is 9.13. The van der Waals surface area contributed by atoms with Crippen molar-refractivity contribution in [2.24, 2.45) is 7.05 Å². The minimum atomic E-state index is -3.50. The van der Waals surface area contributed by atoms with Gasteiger partial charge in [0, 0.05) is 17.6 Å². The number of sulfone groups is 1. The molecule has 0 atom stereocenters. The number of amides is 1. The van der Waals surface area contributed by atoms with Crippen LogP contribution in [0.3, 0.4) is 0 Å². The van der Waals surface area contributed by atoms with E-state index in [4.69, 9.17) is 11.6 Å². The number of fused-ring (bicyclic) bond motifs is 1. The number of aryl methyl sites for hydroxylation is 1. The lowest BCUT2D eigenvalue weighted by Gasteiger charge is -2.08. The van der Waals surface area contributed by atoms with Crippen LogP contribution in [-0.4, -0.2) is 23.9 Å². The maximum absolute atomic E-state index is 12.8. The number of anilines is 1. The smallest absolute Gasteiger partial charge is 0.257 e. The molecule has 1 amide bonds. The summed E-state index contributed by atoms with van der Waals surface area (Å²) in [7, 11) is -1.71. The fourth-order valence-electron chi connectivity index (χ4n) is 3.19. The number of imidazole rings is 1. The molecule has 4 aromatic rings. The van der Waals surface area contributed by atoms with Crippen LogP contribution in [0.4, 0.5) is 5.95 Å². The lowest BCUT2D eigenvalue weighted by Crippen LogP contribution is -2.15. The number of aromatic nitrogens is 2. The molecular formula is C22H18ClN3O3S. The normalized spacial score (nSPS) is 11.5. The number of halogens is 1. The Morgan fingerprint density at radius 2 is 1.80 bits per heavy atom. The second-order valence-corrected chi connectivity index (χ2v) is 9.28. The Hall–Kier alpha value is -3.16. The van der Waals surface area contributed by atoms with Gasteiger partial charge in [0.1, 0.15) is 0 Å².